The van der Waals surface area contributed by atoms with Gasteiger partial charge in [-0.1, -0.05) is 18.2 Å². The maximum atomic E-state index is 11.8. The summed E-state index contributed by atoms with van der Waals surface area (Å²) in [5.74, 6) is 0.528. The van der Waals surface area contributed by atoms with Gasteiger partial charge in [0.25, 0.3) is 0 Å². The third-order valence-corrected chi connectivity index (χ3v) is 4.75. The predicted octanol–water partition coefficient (Wildman–Crippen LogP) is 2.22. The summed E-state index contributed by atoms with van der Waals surface area (Å²) in [7, 11) is 0. The molecule has 0 unspecified atom stereocenters. The summed E-state index contributed by atoms with van der Waals surface area (Å²) in [6.45, 7) is 4.21. The first-order valence-electron chi connectivity index (χ1n) is 7.40. The van der Waals surface area contributed by atoms with E-state index < -0.39 is 0 Å². The number of carbonyl (C=O) groups is 2. The SMILES string of the molecule is Cc1ccccc1SCC(=O)NCCC(=O)N1CCCC1. The van der Waals surface area contributed by atoms with Crippen LogP contribution in [0.3, 0.4) is 0 Å². The molecule has 1 fully saturated rings. The normalized spacial score (nSPS) is 14.2. The van der Waals surface area contributed by atoms with E-state index in [1.807, 2.05) is 36.1 Å². The Morgan fingerprint density at radius 3 is 2.67 bits per heavy atom. The molecule has 0 aromatic heterocycles. The fourth-order valence-electron chi connectivity index (χ4n) is 2.35. The standard InChI is InChI=1S/C16H22N2O2S/c1-13-6-2-3-7-14(13)21-12-15(19)17-9-8-16(20)18-10-4-5-11-18/h2-3,6-7H,4-5,8-12H2,1H3,(H,17,19). The van der Waals surface area contributed by atoms with Crippen molar-refractivity contribution < 1.29 is 9.59 Å². The van der Waals surface area contributed by atoms with Crippen molar-refractivity contribution in [3.63, 3.8) is 0 Å². The molecule has 5 heteroatoms. The van der Waals surface area contributed by atoms with Gasteiger partial charge >= 0.3 is 0 Å². The second kappa shape index (κ2) is 8.08. The number of rotatable bonds is 6. The zero-order valence-corrected chi connectivity index (χ0v) is 13.2. The summed E-state index contributed by atoms with van der Waals surface area (Å²) in [5, 5.41) is 2.82. The first-order valence-corrected chi connectivity index (χ1v) is 8.38. The van der Waals surface area contributed by atoms with Gasteiger partial charge in [0.2, 0.25) is 11.8 Å². The molecule has 21 heavy (non-hydrogen) atoms. The van der Waals surface area contributed by atoms with Crippen LogP contribution in [-0.2, 0) is 9.59 Å². The third-order valence-electron chi connectivity index (χ3n) is 3.57. The molecular formula is C16H22N2O2S. The molecule has 1 N–H and O–H groups in total. The van der Waals surface area contributed by atoms with E-state index in [-0.39, 0.29) is 11.8 Å². The Hall–Kier alpha value is -1.49. The molecule has 1 aliphatic rings. The summed E-state index contributed by atoms with van der Waals surface area (Å²) >= 11 is 1.53. The lowest BCUT2D eigenvalue weighted by atomic mass is 10.2. The molecule has 0 aliphatic carbocycles. The van der Waals surface area contributed by atoms with Gasteiger partial charge in [-0.2, -0.15) is 0 Å². The van der Waals surface area contributed by atoms with Crippen molar-refractivity contribution in [2.45, 2.75) is 31.1 Å². The van der Waals surface area contributed by atoms with Crippen molar-refractivity contribution in [3.05, 3.63) is 29.8 Å². The van der Waals surface area contributed by atoms with Crippen molar-refractivity contribution in [2.24, 2.45) is 0 Å². The van der Waals surface area contributed by atoms with E-state index in [2.05, 4.69) is 5.32 Å². The third kappa shape index (κ3) is 5.08. The summed E-state index contributed by atoms with van der Waals surface area (Å²) in [4.78, 5) is 26.6. The smallest absolute Gasteiger partial charge is 0.230 e. The van der Waals surface area contributed by atoms with Gasteiger partial charge in [-0.3, -0.25) is 9.59 Å². The van der Waals surface area contributed by atoms with Gasteiger partial charge in [0.1, 0.15) is 0 Å². The molecule has 114 valence electrons. The minimum Gasteiger partial charge on any atom is -0.355 e. The Morgan fingerprint density at radius 2 is 1.95 bits per heavy atom. The molecule has 2 rings (SSSR count). The summed E-state index contributed by atoms with van der Waals surface area (Å²) in [6, 6.07) is 8.02. The second-order valence-corrected chi connectivity index (χ2v) is 6.26. The Labute approximate surface area is 130 Å². The zero-order valence-electron chi connectivity index (χ0n) is 12.4. The Balaban J connectivity index is 1.63. The van der Waals surface area contributed by atoms with Crippen LogP contribution >= 0.6 is 11.8 Å². The largest absolute Gasteiger partial charge is 0.355 e. The maximum absolute atomic E-state index is 11.8. The molecule has 1 aliphatic heterocycles. The lowest BCUT2D eigenvalue weighted by Crippen LogP contribution is -2.33. The molecule has 0 radical (unpaired) electrons. The number of aryl methyl sites for hydroxylation is 1. The van der Waals surface area contributed by atoms with Crippen LogP contribution in [0.1, 0.15) is 24.8 Å². The highest BCUT2D eigenvalue weighted by Crippen LogP contribution is 2.21. The fraction of sp³-hybridized carbons (Fsp3) is 0.500. The van der Waals surface area contributed by atoms with Crippen molar-refractivity contribution in [1.29, 1.82) is 0 Å². The summed E-state index contributed by atoms with van der Waals surface area (Å²) < 4.78 is 0. The van der Waals surface area contributed by atoms with E-state index >= 15 is 0 Å². The van der Waals surface area contributed by atoms with E-state index in [9.17, 15) is 9.59 Å². The molecule has 0 spiro atoms. The Morgan fingerprint density at radius 1 is 1.24 bits per heavy atom. The monoisotopic (exact) mass is 306 g/mol. The van der Waals surface area contributed by atoms with E-state index in [0.717, 1.165) is 30.8 Å². The number of thioether (sulfide) groups is 1. The van der Waals surface area contributed by atoms with Gasteiger partial charge in [-0.25, -0.2) is 0 Å². The van der Waals surface area contributed by atoms with E-state index in [1.54, 1.807) is 0 Å². The van der Waals surface area contributed by atoms with Crippen molar-refractivity contribution >= 4 is 23.6 Å². The van der Waals surface area contributed by atoms with Gasteiger partial charge in [0.05, 0.1) is 5.75 Å². The van der Waals surface area contributed by atoms with Crippen LogP contribution in [0.15, 0.2) is 29.2 Å². The molecule has 0 bridgehead atoms. The van der Waals surface area contributed by atoms with Crippen LogP contribution in [0.5, 0.6) is 0 Å². The first kappa shape index (κ1) is 15.9. The number of hydrogen-bond donors (Lipinski definition) is 1. The minimum atomic E-state index is -0.0162. The lowest BCUT2D eigenvalue weighted by molar-refractivity contribution is -0.130. The number of nitrogens with one attached hydrogen (secondary N) is 1. The molecule has 1 aromatic carbocycles. The average Bonchev–Trinajstić information content (AvgIpc) is 3.00. The number of nitrogens with zero attached hydrogens (tertiary/aromatic N) is 1. The summed E-state index contributed by atoms with van der Waals surface area (Å²) in [6.07, 6.45) is 2.61. The Bertz CT molecular complexity index is 499. The average molecular weight is 306 g/mol. The van der Waals surface area contributed by atoms with Crippen LogP contribution in [0.4, 0.5) is 0 Å². The van der Waals surface area contributed by atoms with Gasteiger partial charge in [0, 0.05) is 31.0 Å². The molecule has 4 nitrogen and oxygen atoms in total. The second-order valence-electron chi connectivity index (χ2n) is 5.24. The maximum Gasteiger partial charge on any atom is 0.230 e. The lowest BCUT2D eigenvalue weighted by Gasteiger charge is -2.15. The number of amides is 2. The van der Waals surface area contributed by atoms with Crippen LogP contribution < -0.4 is 5.32 Å². The highest BCUT2D eigenvalue weighted by Gasteiger charge is 2.17. The number of likely N-dealkylation sites (tertiary alicyclic amines) is 1. The quantitative estimate of drug-likeness (QED) is 0.820. The molecule has 2 amide bonds. The van der Waals surface area contributed by atoms with Crippen LogP contribution in [-0.4, -0.2) is 42.1 Å². The van der Waals surface area contributed by atoms with Crippen LogP contribution in [0.2, 0.25) is 0 Å². The van der Waals surface area contributed by atoms with Crippen LogP contribution in [0.25, 0.3) is 0 Å². The van der Waals surface area contributed by atoms with Gasteiger partial charge in [0.15, 0.2) is 0 Å². The topological polar surface area (TPSA) is 49.4 Å². The molecule has 0 saturated carbocycles. The number of carbonyl (C=O) groups excluding carboxylic acids is 2. The first-order chi connectivity index (χ1) is 10.2. The fourth-order valence-corrected chi connectivity index (χ4v) is 3.21. The molecule has 1 saturated heterocycles. The van der Waals surface area contributed by atoms with E-state index in [1.165, 1.54) is 17.3 Å². The minimum absolute atomic E-state index is 0.0162. The zero-order chi connectivity index (χ0) is 15.1. The molecule has 1 heterocycles. The molecule has 0 atom stereocenters. The highest BCUT2D eigenvalue weighted by molar-refractivity contribution is 8.00. The van der Waals surface area contributed by atoms with Crippen molar-refractivity contribution in [2.75, 3.05) is 25.4 Å². The van der Waals surface area contributed by atoms with Crippen LogP contribution in [0, 0.1) is 6.92 Å². The van der Waals surface area contributed by atoms with Crippen molar-refractivity contribution in [3.8, 4) is 0 Å². The molecule has 1 aromatic rings. The van der Waals surface area contributed by atoms with E-state index in [0.29, 0.717) is 18.7 Å². The van der Waals surface area contributed by atoms with Gasteiger partial charge < -0.3 is 10.2 Å². The summed E-state index contributed by atoms with van der Waals surface area (Å²) in [5.41, 5.74) is 1.18. The van der Waals surface area contributed by atoms with Crippen molar-refractivity contribution in [1.82, 2.24) is 10.2 Å². The van der Waals surface area contributed by atoms with Gasteiger partial charge in [-0.05, 0) is 31.4 Å². The number of benzene rings is 1. The van der Waals surface area contributed by atoms with Gasteiger partial charge in [-0.15, -0.1) is 11.8 Å². The Kier molecular flexibility index (Phi) is 6.11. The highest BCUT2D eigenvalue weighted by atomic mass is 32.2. The molecular weight excluding hydrogens is 284 g/mol. The van der Waals surface area contributed by atoms with E-state index in [4.69, 9.17) is 0 Å². The predicted molar refractivity (Wildman–Crippen MR) is 85.3 cm³/mol. The number of hydrogen-bond acceptors (Lipinski definition) is 3.